The van der Waals surface area contributed by atoms with Gasteiger partial charge in [-0.1, -0.05) is 12.1 Å². The third-order valence-electron chi connectivity index (χ3n) is 6.05. The summed E-state index contributed by atoms with van der Waals surface area (Å²) < 4.78 is 7.50. The zero-order chi connectivity index (χ0) is 22.6. The molecule has 5 rings (SSSR count). The molecule has 2 aromatic heterocycles. The monoisotopic (exact) mass is 435 g/mol. The first kappa shape index (κ1) is 20.8. The molecule has 1 amide bonds. The number of aromatic amines is 1. The number of nitrogens with one attached hydrogen (secondary N) is 3. The van der Waals surface area contributed by atoms with Gasteiger partial charge >= 0.3 is 0 Å². The number of anilines is 1. The molecule has 3 aromatic rings. The van der Waals surface area contributed by atoms with Crippen LogP contribution in [0.1, 0.15) is 62.6 Å². The van der Waals surface area contributed by atoms with Gasteiger partial charge in [-0.25, -0.2) is 4.98 Å². The summed E-state index contributed by atoms with van der Waals surface area (Å²) in [6, 6.07) is 7.38. The Morgan fingerprint density at radius 1 is 1.25 bits per heavy atom. The Bertz CT molecular complexity index is 1260. The molecular weight excluding hydrogens is 406 g/mol. The second-order valence-electron chi connectivity index (χ2n) is 9.77. The van der Waals surface area contributed by atoms with E-state index in [4.69, 9.17) is 9.72 Å². The van der Waals surface area contributed by atoms with E-state index in [2.05, 4.69) is 15.6 Å². The second-order valence-corrected chi connectivity index (χ2v) is 9.77. The first-order chi connectivity index (χ1) is 15.2. The Kier molecular flexibility index (Phi) is 4.85. The van der Waals surface area contributed by atoms with E-state index in [1.54, 1.807) is 4.57 Å². The molecular formula is C24H29N5O3. The Hall–Kier alpha value is -3.13. The molecule has 4 heterocycles. The minimum Gasteiger partial charge on any atom is -0.376 e. The molecule has 2 atom stereocenters. The van der Waals surface area contributed by atoms with Crippen molar-refractivity contribution in [3.8, 4) is 11.3 Å². The minimum absolute atomic E-state index is 0.0158. The average Bonchev–Trinajstić information content (AvgIpc) is 3.43. The van der Waals surface area contributed by atoms with Crippen LogP contribution in [0.2, 0.25) is 0 Å². The molecule has 8 heteroatoms. The standard InChI is InChI=1S/C24H29N5O3/c1-13-19-17(21(30)25-13)11-18(26-19)15-8-5-9-16-20(15)27-23(28-24(2,3)4)29(22(16)31)12-14-7-6-10-32-14/h5,8-9,11,13-14,26H,6-7,10,12H2,1-4H3,(H,25,30)(H,27,28)/t13-,14+/m1/s1. The molecule has 168 valence electrons. The fourth-order valence-corrected chi connectivity index (χ4v) is 4.55. The van der Waals surface area contributed by atoms with Gasteiger partial charge in [0.1, 0.15) is 0 Å². The van der Waals surface area contributed by atoms with Crippen molar-refractivity contribution in [1.82, 2.24) is 19.9 Å². The summed E-state index contributed by atoms with van der Waals surface area (Å²) >= 11 is 0. The van der Waals surface area contributed by atoms with Gasteiger partial charge < -0.3 is 20.4 Å². The summed E-state index contributed by atoms with van der Waals surface area (Å²) in [4.78, 5) is 34.1. The number of rotatable bonds is 4. The van der Waals surface area contributed by atoms with Crippen LogP contribution in [-0.2, 0) is 11.3 Å². The lowest BCUT2D eigenvalue weighted by Gasteiger charge is -2.25. The van der Waals surface area contributed by atoms with Gasteiger partial charge in [0.25, 0.3) is 11.5 Å². The SMILES string of the molecule is C[C@H]1NC(=O)c2cc(-c3cccc4c(=O)n(C[C@@H]5CCCO5)c(NC(C)(C)C)nc34)[nH]c21. The Morgan fingerprint density at radius 3 is 2.75 bits per heavy atom. The zero-order valence-electron chi connectivity index (χ0n) is 18.9. The van der Waals surface area contributed by atoms with Gasteiger partial charge in [-0.2, -0.15) is 0 Å². The molecule has 0 radical (unpaired) electrons. The van der Waals surface area contributed by atoms with Crippen LogP contribution < -0.4 is 16.2 Å². The smallest absolute Gasteiger partial charge is 0.262 e. The van der Waals surface area contributed by atoms with E-state index < -0.39 is 0 Å². The van der Waals surface area contributed by atoms with Gasteiger partial charge in [-0.05, 0) is 52.7 Å². The maximum Gasteiger partial charge on any atom is 0.262 e. The largest absolute Gasteiger partial charge is 0.376 e. The third kappa shape index (κ3) is 3.58. The molecule has 1 fully saturated rings. The maximum atomic E-state index is 13.6. The lowest BCUT2D eigenvalue weighted by atomic mass is 10.1. The minimum atomic E-state index is -0.276. The predicted octanol–water partition coefficient (Wildman–Crippen LogP) is 3.59. The van der Waals surface area contributed by atoms with E-state index in [-0.39, 0.29) is 29.2 Å². The molecule has 2 aliphatic rings. The lowest BCUT2D eigenvalue weighted by Crippen LogP contribution is -2.35. The van der Waals surface area contributed by atoms with E-state index in [9.17, 15) is 9.59 Å². The number of para-hydroxylation sites is 1. The number of fused-ring (bicyclic) bond motifs is 2. The summed E-state index contributed by atoms with van der Waals surface area (Å²) in [5.74, 6) is 0.445. The molecule has 8 nitrogen and oxygen atoms in total. The second kappa shape index (κ2) is 7.48. The van der Waals surface area contributed by atoms with E-state index in [0.29, 0.717) is 29.0 Å². The van der Waals surface area contributed by atoms with E-state index >= 15 is 0 Å². The van der Waals surface area contributed by atoms with Crippen LogP contribution in [-0.4, -0.2) is 38.7 Å². The summed E-state index contributed by atoms with van der Waals surface area (Å²) in [7, 11) is 0. The van der Waals surface area contributed by atoms with Crippen molar-refractivity contribution >= 4 is 22.8 Å². The topological polar surface area (TPSA) is 101 Å². The number of ether oxygens (including phenoxy) is 1. The summed E-state index contributed by atoms with van der Waals surface area (Å²) in [5.41, 5.74) is 3.33. The van der Waals surface area contributed by atoms with E-state index in [0.717, 1.165) is 36.4 Å². The van der Waals surface area contributed by atoms with Gasteiger partial charge in [-0.3, -0.25) is 14.2 Å². The molecule has 2 aliphatic heterocycles. The summed E-state index contributed by atoms with van der Waals surface area (Å²) in [6.07, 6.45) is 1.96. The molecule has 0 saturated carbocycles. The van der Waals surface area contributed by atoms with Crippen molar-refractivity contribution in [1.29, 1.82) is 0 Å². The molecule has 0 spiro atoms. The number of hydrogen-bond donors (Lipinski definition) is 3. The van der Waals surface area contributed by atoms with Crippen molar-refractivity contribution in [2.45, 2.75) is 64.8 Å². The highest BCUT2D eigenvalue weighted by Gasteiger charge is 2.29. The van der Waals surface area contributed by atoms with Crippen LogP contribution >= 0.6 is 0 Å². The van der Waals surface area contributed by atoms with Gasteiger partial charge in [0.2, 0.25) is 5.95 Å². The highest BCUT2D eigenvalue weighted by atomic mass is 16.5. The van der Waals surface area contributed by atoms with E-state index in [1.165, 1.54) is 0 Å². The zero-order valence-corrected chi connectivity index (χ0v) is 18.9. The van der Waals surface area contributed by atoms with Crippen LogP contribution in [0.5, 0.6) is 0 Å². The van der Waals surface area contributed by atoms with Crippen LogP contribution in [0, 0.1) is 0 Å². The third-order valence-corrected chi connectivity index (χ3v) is 6.05. The number of carbonyl (C=O) groups excluding carboxylic acids is 1. The van der Waals surface area contributed by atoms with Gasteiger partial charge in [0.05, 0.1) is 40.9 Å². The van der Waals surface area contributed by atoms with Crippen molar-refractivity contribution in [2.75, 3.05) is 11.9 Å². The lowest BCUT2D eigenvalue weighted by molar-refractivity contribution is 0.0957. The number of nitrogens with zero attached hydrogens (tertiary/aromatic N) is 2. The van der Waals surface area contributed by atoms with Gasteiger partial charge in [-0.15, -0.1) is 0 Å². The average molecular weight is 436 g/mol. The van der Waals surface area contributed by atoms with E-state index in [1.807, 2.05) is 52.0 Å². The van der Waals surface area contributed by atoms with Crippen molar-refractivity contribution < 1.29 is 9.53 Å². The van der Waals surface area contributed by atoms with Crippen LogP contribution in [0.25, 0.3) is 22.2 Å². The highest BCUT2D eigenvalue weighted by Crippen LogP contribution is 2.33. The molecule has 32 heavy (non-hydrogen) atoms. The Balaban J connectivity index is 1.68. The number of carbonyl (C=O) groups is 1. The molecule has 0 unspecified atom stereocenters. The Morgan fingerprint density at radius 2 is 2.06 bits per heavy atom. The van der Waals surface area contributed by atoms with Crippen LogP contribution in [0.3, 0.4) is 0 Å². The molecule has 0 bridgehead atoms. The van der Waals surface area contributed by atoms with Crippen LogP contribution in [0.15, 0.2) is 29.1 Å². The first-order valence-electron chi connectivity index (χ1n) is 11.2. The van der Waals surface area contributed by atoms with Crippen molar-refractivity contribution in [3.63, 3.8) is 0 Å². The van der Waals surface area contributed by atoms with Gasteiger partial charge in [0, 0.05) is 23.4 Å². The first-order valence-corrected chi connectivity index (χ1v) is 11.2. The van der Waals surface area contributed by atoms with Gasteiger partial charge in [0.15, 0.2) is 0 Å². The number of hydrogen-bond acceptors (Lipinski definition) is 5. The summed E-state index contributed by atoms with van der Waals surface area (Å²) in [6.45, 7) is 9.28. The number of aromatic nitrogens is 3. The molecule has 3 N–H and O–H groups in total. The van der Waals surface area contributed by atoms with Crippen LogP contribution in [0.4, 0.5) is 5.95 Å². The van der Waals surface area contributed by atoms with Crippen molar-refractivity contribution in [2.24, 2.45) is 0 Å². The fourth-order valence-electron chi connectivity index (χ4n) is 4.55. The normalized spacial score (nSPS) is 20.6. The molecule has 1 aromatic carbocycles. The molecule has 1 saturated heterocycles. The highest BCUT2D eigenvalue weighted by molar-refractivity contribution is 6.01. The maximum absolute atomic E-state index is 13.6. The fraction of sp³-hybridized carbons (Fsp3) is 0.458. The number of benzene rings is 1. The quantitative estimate of drug-likeness (QED) is 0.581. The Labute approximate surface area is 186 Å². The number of H-pyrrole nitrogens is 1. The summed E-state index contributed by atoms with van der Waals surface area (Å²) in [5, 5.41) is 6.86. The van der Waals surface area contributed by atoms with Crippen molar-refractivity contribution in [3.05, 3.63) is 45.9 Å². The predicted molar refractivity (Wildman–Crippen MR) is 124 cm³/mol. The number of amides is 1. The molecule has 0 aliphatic carbocycles.